The van der Waals surface area contributed by atoms with Gasteiger partial charge in [-0.2, -0.15) is 17.6 Å². The SMILES string of the molecule is CN(C(=O)C1CCS(=O)(=O)CC1)[C@H](c1ccc([C@@H]2CC(C)(C)c3c2cnc2cc(F)nn32)c(F)c1)C(F)(F)F. The first kappa shape index (κ1) is 27.5. The zero-order chi connectivity index (χ0) is 28.5. The molecule has 13 heteroatoms. The number of fused-ring (bicyclic) bond motifs is 3. The number of rotatable bonds is 4. The summed E-state index contributed by atoms with van der Waals surface area (Å²) in [4.78, 5) is 17.7. The summed E-state index contributed by atoms with van der Waals surface area (Å²) in [6, 6.07) is 2.02. The van der Waals surface area contributed by atoms with Gasteiger partial charge in [0, 0.05) is 42.1 Å². The molecule has 2 atom stereocenters. The van der Waals surface area contributed by atoms with E-state index in [0.29, 0.717) is 28.2 Å². The van der Waals surface area contributed by atoms with Crippen LogP contribution in [0, 0.1) is 17.7 Å². The third kappa shape index (κ3) is 4.89. The Morgan fingerprint density at radius 2 is 1.79 bits per heavy atom. The number of alkyl halides is 3. The Morgan fingerprint density at radius 1 is 1.13 bits per heavy atom. The Labute approximate surface area is 221 Å². The maximum absolute atomic E-state index is 15.6. The van der Waals surface area contributed by atoms with Gasteiger partial charge in [-0.05, 0) is 36.5 Å². The molecular formula is C26H27F5N4O3S. The highest BCUT2D eigenvalue weighted by Gasteiger charge is 2.47. The number of carbonyl (C=O) groups is 1. The van der Waals surface area contributed by atoms with Gasteiger partial charge in [-0.1, -0.05) is 26.0 Å². The largest absolute Gasteiger partial charge is 0.413 e. The van der Waals surface area contributed by atoms with Crippen molar-refractivity contribution in [3.8, 4) is 0 Å². The number of nitrogens with zero attached hydrogens (tertiary/aromatic N) is 4. The molecule has 2 aromatic heterocycles. The summed E-state index contributed by atoms with van der Waals surface area (Å²) in [5, 5.41) is 3.88. The number of sulfone groups is 1. The van der Waals surface area contributed by atoms with Crippen molar-refractivity contribution in [2.45, 2.75) is 56.7 Å². The van der Waals surface area contributed by atoms with Crippen LogP contribution in [0.1, 0.15) is 67.5 Å². The molecule has 1 aromatic carbocycles. The molecule has 1 aliphatic heterocycles. The van der Waals surface area contributed by atoms with Gasteiger partial charge in [0.1, 0.15) is 15.7 Å². The topological polar surface area (TPSA) is 84.6 Å². The Hall–Kier alpha value is -3.09. The van der Waals surface area contributed by atoms with E-state index >= 15 is 4.39 Å². The summed E-state index contributed by atoms with van der Waals surface area (Å²) in [5.74, 6) is -4.35. The molecule has 1 amide bonds. The summed E-state index contributed by atoms with van der Waals surface area (Å²) < 4.78 is 96.9. The highest BCUT2D eigenvalue weighted by Crippen LogP contribution is 2.49. The molecule has 0 spiro atoms. The van der Waals surface area contributed by atoms with E-state index in [-0.39, 0.29) is 29.9 Å². The van der Waals surface area contributed by atoms with Crippen LogP contribution in [-0.2, 0) is 20.0 Å². The number of carbonyl (C=O) groups excluding carboxylic acids is 1. The maximum Gasteiger partial charge on any atom is 0.413 e. The van der Waals surface area contributed by atoms with Gasteiger partial charge < -0.3 is 4.90 Å². The molecule has 1 saturated heterocycles. The molecule has 5 rings (SSSR count). The van der Waals surface area contributed by atoms with Crippen molar-refractivity contribution < 1.29 is 35.2 Å². The zero-order valence-electron chi connectivity index (χ0n) is 21.5. The monoisotopic (exact) mass is 570 g/mol. The predicted octanol–water partition coefficient (Wildman–Crippen LogP) is 4.71. The van der Waals surface area contributed by atoms with Crippen LogP contribution in [0.5, 0.6) is 0 Å². The summed E-state index contributed by atoms with van der Waals surface area (Å²) in [7, 11) is -2.30. The van der Waals surface area contributed by atoms with Crippen LogP contribution < -0.4 is 0 Å². The lowest BCUT2D eigenvalue weighted by molar-refractivity contribution is -0.190. The van der Waals surface area contributed by atoms with Gasteiger partial charge in [-0.3, -0.25) is 4.79 Å². The molecule has 0 N–H and O–H groups in total. The first-order valence-corrected chi connectivity index (χ1v) is 14.3. The second-order valence-corrected chi connectivity index (χ2v) is 13.3. The first-order valence-electron chi connectivity index (χ1n) is 12.5. The second kappa shape index (κ2) is 9.24. The third-order valence-electron chi connectivity index (χ3n) is 7.88. The number of hydrogen-bond acceptors (Lipinski definition) is 5. The number of halogens is 5. The standard InChI is InChI=1S/C26H27F5N4O3S/c1-25(2)12-17(18-13-32-21-11-20(28)33-35(21)23(18)25)16-5-4-15(10-19(16)27)22(26(29,30)31)34(3)24(36)14-6-8-39(37,38)9-7-14/h4-5,10-11,13-14,17,22H,6-9,12H2,1-3H3/t17-,22+/m0/s1. The summed E-state index contributed by atoms with van der Waals surface area (Å²) >= 11 is 0. The molecule has 1 fully saturated rings. The Bertz CT molecular complexity index is 1550. The minimum Gasteiger partial charge on any atom is -0.330 e. The van der Waals surface area contributed by atoms with Crippen molar-refractivity contribution in [2.75, 3.05) is 18.6 Å². The molecular weight excluding hydrogens is 543 g/mol. The fraction of sp³-hybridized carbons (Fsp3) is 0.500. The number of amides is 1. The predicted molar refractivity (Wildman–Crippen MR) is 132 cm³/mol. The summed E-state index contributed by atoms with van der Waals surface area (Å²) in [6.07, 6.45) is -3.09. The van der Waals surface area contributed by atoms with Gasteiger partial charge in [0.2, 0.25) is 11.9 Å². The molecule has 39 heavy (non-hydrogen) atoms. The molecule has 1 aliphatic carbocycles. The van der Waals surface area contributed by atoms with Gasteiger partial charge in [-0.25, -0.2) is 22.3 Å². The van der Waals surface area contributed by atoms with Gasteiger partial charge in [0.25, 0.3) is 0 Å². The average molecular weight is 571 g/mol. The maximum atomic E-state index is 15.6. The van der Waals surface area contributed by atoms with Crippen LogP contribution in [0.25, 0.3) is 5.65 Å². The van der Waals surface area contributed by atoms with Crippen molar-refractivity contribution in [1.29, 1.82) is 0 Å². The van der Waals surface area contributed by atoms with Crippen molar-refractivity contribution in [2.24, 2.45) is 5.92 Å². The van der Waals surface area contributed by atoms with Gasteiger partial charge >= 0.3 is 6.18 Å². The van der Waals surface area contributed by atoms with Crippen LogP contribution in [0.3, 0.4) is 0 Å². The van der Waals surface area contributed by atoms with Gasteiger partial charge in [0.05, 0.1) is 17.2 Å². The number of hydrogen-bond donors (Lipinski definition) is 0. The van der Waals surface area contributed by atoms with Crippen LogP contribution in [0.4, 0.5) is 22.0 Å². The molecule has 2 aliphatic rings. The lowest BCUT2D eigenvalue weighted by Crippen LogP contribution is -2.44. The number of benzene rings is 1. The zero-order valence-corrected chi connectivity index (χ0v) is 22.3. The first-order chi connectivity index (χ1) is 18.1. The molecule has 7 nitrogen and oxygen atoms in total. The summed E-state index contributed by atoms with van der Waals surface area (Å²) in [6.45, 7) is 3.79. The van der Waals surface area contributed by atoms with Gasteiger partial charge in [0.15, 0.2) is 11.7 Å². The van der Waals surface area contributed by atoms with Gasteiger partial charge in [-0.15, -0.1) is 5.10 Å². The normalized spacial score (nSPS) is 21.6. The van der Waals surface area contributed by atoms with Crippen molar-refractivity contribution in [3.63, 3.8) is 0 Å². The fourth-order valence-electron chi connectivity index (χ4n) is 6.03. The highest BCUT2D eigenvalue weighted by molar-refractivity contribution is 7.91. The van der Waals surface area contributed by atoms with E-state index in [4.69, 9.17) is 0 Å². The Morgan fingerprint density at radius 3 is 2.41 bits per heavy atom. The second-order valence-electron chi connectivity index (χ2n) is 11.0. The smallest absolute Gasteiger partial charge is 0.330 e. The Balaban J connectivity index is 1.48. The van der Waals surface area contributed by atoms with Crippen LogP contribution in [0.15, 0.2) is 30.5 Å². The minimum atomic E-state index is -4.90. The van der Waals surface area contributed by atoms with E-state index in [0.717, 1.165) is 19.2 Å². The molecule has 0 saturated carbocycles. The van der Waals surface area contributed by atoms with Crippen LogP contribution >= 0.6 is 0 Å². The fourth-order valence-corrected chi connectivity index (χ4v) is 7.52. The van der Waals surface area contributed by atoms with Crippen molar-refractivity contribution >= 4 is 21.4 Å². The third-order valence-corrected chi connectivity index (χ3v) is 9.59. The lowest BCUT2D eigenvalue weighted by atomic mass is 9.86. The molecule has 0 bridgehead atoms. The van der Waals surface area contributed by atoms with E-state index < -0.39 is 62.5 Å². The number of aromatic nitrogens is 3. The molecule has 210 valence electrons. The van der Waals surface area contributed by atoms with E-state index in [1.807, 2.05) is 13.8 Å². The minimum absolute atomic E-state index is 0.0539. The van der Waals surface area contributed by atoms with Crippen molar-refractivity contribution in [3.05, 3.63) is 64.6 Å². The summed E-state index contributed by atoms with van der Waals surface area (Å²) in [5.41, 5.74) is 0.716. The molecule has 0 unspecified atom stereocenters. The highest BCUT2D eigenvalue weighted by atomic mass is 32.2. The lowest BCUT2D eigenvalue weighted by Gasteiger charge is -2.34. The van der Waals surface area contributed by atoms with Crippen LogP contribution in [0.2, 0.25) is 0 Å². The molecule has 3 aromatic rings. The van der Waals surface area contributed by atoms with E-state index in [1.54, 1.807) is 0 Å². The Kier molecular flexibility index (Phi) is 6.51. The molecule has 0 radical (unpaired) electrons. The van der Waals surface area contributed by atoms with Crippen molar-refractivity contribution in [1.82, 2.24) is 19.5 Å². The average Bonchev–Trinajstić information content (AvgIpc) is 3.33. The van der Waals surface area contributed by atoms with E-state index in [2.05, 4.69) is 10.1 Å². The quantitative estimate of drug-likeness (QED) is 0.425. The van der Waals surface area contributed by atoms with Crippen LogP contribution in [-0.4, -0.2) is 58.6 Å². The van der Waals surface area contributed by atoms with E-state index in [9.17, 15) is 30.8 Å². The van der Waals surface area contributed by atoms with E-state index in [1.165, 1.54) is 22.8 Å². The molecule has 3 heterocycles.